The van der Waals surface area contributed by atoms with E-state index in [1.165, 1.54) is 0 Å². The van der Waals surface area contributed by atoms with Gasteiger partial charge in [0.15, 0.2) is 0 Å². The van der Waals surface area contributed by atoms with Crippen molar-refractivity contribution >= 4 is 17.5 Å². The molecule has 0 aromatic heterocycles. The monoisotopic (exact) mass is 214 g/mol. The van der Waals surface area contributed by atoms with Crippen LogP contribution in [-0.4, -0.2) is 29.5 Å². The minimum Gasteiger partial charge on any atom is -0.379 e. The van der Waals surface area contributed by atoms with E-state index < -0.39 is 0 Å². The Bertz CT molecular complexity index is 233. The SMILES string of the molecule is CC1(C)CCC(=O)CC1SC1COC1. The molecule has 1 saturated heterocycles. The fourth-order valence-corrected chi connectivity index (χ4v) is 3.55. The molecule has 2 fully saturated rings. The molecule has 2 nitrogen and oxygen atoms in total. The van der Waals surface area contributed by atoms with Gasteiger partial charge >= 0.3 is 0 Å². The van der Waals surface area contributed by atoms with Gasteiger partial charge in [0, 0.05) is 18.1 Å². The van der Waals surface area contributed by atoms with Gasteiger partial charge in [0.2, 0.25) is 0 Å². The molecule has 0 bridgehead atoms. The molecule has 1 aliphatic carbocycles. The summed E-state index contributed by atoms with van der Waals surface area (Å²) >= 11 is 1.97. The zero-order chi connectivity index (χ0) is 10.2. The van der Waals surface area contributed by atoms with E-state index in [-0.39, 0.29) is 0 Å². The Balaban J connectivity index is 1.94. The first-order valence-electron chi connectivity index (χ1n) is 5.33. The Morgan fingerprint density at radius 3 is 2.71 bits per heavy atom. The summed E-state index contributed by atoms with van der Waals surface area (Å²) in [6.07, 6.45) is 2.61. The lowest BCUT2D eigenvalue weighted by Crippen LogP contribution is -2.40. The minimum absolute atomic E-state index is 0.328. The van der Waals surface area contributed by atoms with Gasteiger partial charge in [0.05, 0.1) is 18.5 Å². The Labute approximate surface area is 89.8 Å². The van der Waals surface area contributed by atoms with Gasteiger partial charge in [0.1, 0.15) is 5.78 Å². The molecule has 0 N–H and O–H groups in total. The molecule has 1 unspecified atom stereocenters. The molecule has 1 atom stereocenters. The maximum atomic E-state index is 11.4. The van der Waals surface area contributed by atoms with Crippen LogP contribution in [-0.2, 0) is 9.53 Å². The van der Waals surface area contributed by atoms with Crippen molar-refractivity contribution in [2.45, 2.75) is 43.6 Å². The maximum absolute atomic E-state index is 11.4. The van der Waals surface area contributed by atoms with Gasteiger partial charge in [-0.15, -0.1) is 11.8 Å². The number of Topliss-reactive ketones (excluding diaryl/α,β-unsaturated/α-hetero) is 1. The highest BCUT2D eigenvalue weighted by Gasteiger charge is 2.38. The molecule has 0 aromatic rings. The Kier molecular flexibility index (Phi) is 2.89. The zero-order valence-electron chi connectivity index (χ0n) is 8.91. The topological polar surface area (TPSA) is 26.3 Å². The van der Waals surface area contributed by atoms with Crippen LogP contribution in [0.15, 0.2) is 0 Å². The lowest BCUT2D eigenvalue weighted by Gasteiger charge is -2.40. The molecule has 2 rings (SSSR count). The number of ether oxygens (including phenoxy) is 1. The predicted octanol–water partition coefficient (Wildman–Crippen LogP) is 2.27. The van der Waals surface area contributed by atoms with Crippen LogP contribution in [0, 0.1) is 5.41 Å². The van der Waals surface area contributed by atoms with E-state index in [4.69, 9.17) is 4.74 Å². The fraction of sp³-hybridized carbons (Fsp3) is 0.909. The van der Waals surface area contributed by atoms with Crippen LogP contribution in [0.3, 0.4) is 0 Å². The predicted molar refractivity (Wildman–Crippen MR) is 58.6 cm³/mol. The van der Waals surface area contributed by atoms with Crippen molar-refractivity contribution in [2.24, 2.45) is 5.41 Å². The van der Waals surface area contributed by atoms with Crippen molar-refractivity contribution in [1.29, 1.82) is 0 Å². The molecule has 1 aliphatic heterocycles. The van der Waals surface area contributed by atoms with E-state index in [2.05, 4.69) is 13.8 Å². The van der Waals surface area contributed by atoms with Crippen molar-refractivity contribution in [3.63, 3.8) is 0 Å². The Morgan fingerprint density at radius 1 is 1.43 bits per heavy atom. The molecule has 3 heteroatoms. The summed E-state index contributed by atoms with van der Waals surface area (Å²) in [5, 5.41) is 1.16. The van der Waals surface area contributed by atoms with E-state index in [9.17, 15) is 4.79 Å². The smallest absolute Gasteiger partial charge is 0.134 e. The molecule has 14 heavy (non-hydrogen) atoms. The highest BCUT2D eigenvalue weighted by molar-refractivity contribution is 8.00. The molecule has 0 radical (unpaired) electrons. The van der Waals surface area contributed by atoms with Crippen molar-refractivity contribution in [2.75, 3.05) is 13.2 Å². The summed E-state index contributed by atoms with van der Waals surface area (Å²) in [6.45, 7) is 6.34. The molecular weight excluding hydrogens is 196 g/mol. The first-order valence-corrected chi connectivity index (χ1v) is 6.27. The highest BCUT2D eigenvalue weighted by atomic mass is 32.2. The summed E-state index contributed by atoms with van der Waals surface area (Å²) in [7, 11) is 0. The largest absolute Gasteiger partial charge is 0.379 e. The second-order valence-electron chi connectivity index (χ2n) is 5.02. The van der Waals surface area contributed by atoms with Crippen LogP contribution in [0.25, 0.3) is 0 Å². The van der Waals surface area contributed by atoms with E-state index >= 15 is 0 Å². The van der Waals surface area contributed by atoms with E-state index in [1.807, 2.05) is 11.8 Å². The molecule has 80 valence electrons. The maximum Gasteiger partial charge on any atom is 0.134 e. The fourth-order valence-electron chi connectivity index (χ4n) is 1.96. The third-order valence-corrected chi connectivity index (χ3v) is 5.09. The van der Waals surface area contributed by atoms with Crippen molar-refractivity contribution < 1.29 is 9.53 Å². The van der Waals surface area contributed by atoms with E-state index in [0.717, 1.165) is 32.5 Å². The number of thioether (sulfide) groups is 1. The van der Waals surface area contributed by atoms with Gasteiger partial charge < -0.3 is 4.74 Å². The van der Waals surface area contributed by atoms with Gasteiger partial charge in [-0.2, -0.15) is 0 Å². The molecule has 1 saturated carbocycles. The highest BCUT2D eigenvalue weighted by Crippen LogP contribution is 2.43. The van der Waals surface area contributed by atoms with Crippen LogP contribution >= 0.6 is 11.8 Å². The molecular formula is C11H18O2S. The summed E-state index contributed by atoms with van der Waals surface area (Å²) in [5.41, 5.74) is 0.328. The summed E-state index contributed by atoms with van der Waals surface area (Å²) < 4.78 is 5.17. The third kappa shape index (κ3) is 2.14. The number of hydrogen-bond acceptors (Lipinski definition) is 3. The normalized spacial score (nSPS) is 32.7. The van der Waals surface area contributed by atoms with E-state index in [0.29, 0.717) is 21.7 Å². The van der Waals surface area contributed by atoms with Gasteiger partial charge in [0.25, 0.3) is 0 Å². The van der Waals surface area contributed by atoms with Crippen molar-refractivity contribution in [3.8, 4) is 0 Å². The summed E-state index contributed by atoms with van der Waals surface area (Å²) in [5.74, 6) is 0.446. The summed E-state index contributed by atoms with van der Waals surface area (Å²) in [6, 6.07) is 0. The van der Waals surface area contributed by atoms with Gasteiger partial charge in [-0.25, -0.2) is 0 Å². The second-order valence-corrected chi connectivity index (χ2v) is 6.52. The van der Waals surface area contributed by atoms with Crippen LogP contribution in [0.1, 0.15) is 33.1 Å². The first-order chi connectivity index (χ1) is 6.58. The molecule has 0 aromatic carbocycles. The van der Waals surface area contributed by atoms with Crippen LogP contribution in [0.2, 0.25) is 0 Å². The second kappa shape index (κ2) is 3.86. The lowest BCUT2D eigenvalue weighted by molar-refractivity contribution is -0.121. The number of carbonyl (C=O) groups is 1. The Hall–Kier alpha value is -0.0200. The Morgan fingerprint density at radius 2 is 2.14 bits per heavy atom. The first kappa shape index (κ1) is 10.5. The van der Waals surface area contributed by atoms with Gasteiger partial charge in [-0.3, -0.25) is 4.79 Å². The third-order valence-electron chi connectivity index (χ3n) is 3.30. The van der Waals surface area contributed by atoms with Crippen molar-refractivity contribution in [1.82, 2.24) is 0 Å². The molecule has 1 heterocycles. The number of carbonyl (C=O) groups excluding carboxylic acids is 1. The van der Waals surface area contributed by atoms with Crippen molar-refractivity contribution in [3.05, 3.63) is 0 Å². The number of rotatable bonds is 2. The van der Waals surface area contributed by atoms with Gasteiger partial charge in [-0.1, -0.05) is 13.8 Å². The standard InChI is InChI=1S/C11H18O2S/c1-11(2)4-3-8(12)5-10(11)14-9-6-13-7-9/h9-10H,3-7H2,1-2H3. The van der Waals surface area contributed by atoms with Crippen LogP contribution in [0.4, 0.5) is 0 Å². The molecule has 0 spiro atoms. The average molecular weight is 214 g/mol. The van der Waals surface area contributed by atoms with Crippen LogP contribution in [0.5, 0.6) is 0 Å². The number of ketones is 1. The minimum atomic E-state index is 0.328. The van der Waals surface area contributed by atoms with Crippen LogP contribution < -0.4 is 0 Å². The summed E-state index contributed by atoms with van der Waals surface area (Å²) in [4.78, 5) is 11.4. The van der Waals surface area contributed by atoms with Gasteiger partial charge in [-0.05, 0) is 11.8 Å². The number of hydrogen-bond donors (Lipinski definition) is 0. The lowest BCUT2D eigenvalue weighted by atomic mass is 9.76. The zero-order valence-corrected chi connectivity index (χ0v) is 9.73. The quantitative estimate of drug-likeness (QED) is 0.705. The van der Waals surface area contributed by atoms with E-state index in [1.54, 1.807) is 0 Å². The molecule has 2 aliphatic rings. The molecule has 0 amide bonds. The average Bonchev–Trinajstić information content (AvgIpc) is 2.03.